The van der Waals surface area contributed by atoms with Crippen LogP contribution >= 0.6 is 0 Å². The number of alkyl carbamates (subject to hydrolysis) is 1. The summed E-state index contributed by atoms with van der Waals surface area (Å²) in [6, 6.07) is 0.342. The molecule has 0 spiro atoms. The van der Waals surface area contributed by atoms with E-state index in [1.807, 2.05) is 20.8 Å². The molecule has 1 rings (SSSR count). The van der Waals surface area contributed by atoms with Gasteiger partial charge in [-0.05, 0) is 33.6 Å². The zero-order valence-electron chi connectivity index (χ0n) is 12.0. The first kappa shape index (κ1) is 16.7. The molecule has 106 valence electrons. The third-order valence-corrected chi connectivity index (χ3v) is 2.36. The molecule has 1 aliphatic carbocycles. The van der Waals surface area contributed by atoms with E-state index in [2.05, 4.69) is 10.1 Å². The molecule has 5 heteroatoms. The monoisotopic (exact) mass is 259 g/mol. The van der Waals surface area contributed by atoms with Crippen LogP contribution in [0.3, 0.4) is 0 Å². The van der Waals surface area contributed by atoms with Crippen molar-refractivity contribution in [1.82, 2.24) is 5.32 Å². The summed E-state index contributed by atoms with van der Waals surface area (Å²) in [5, 5.41) is 2.87. The maximum Gasteiger partial charge on any atom is 0.407 e. The molecule has 0 unspecified atom stereocenters. The van der Waals surface area contributed by atoms with Crippen molar-refractivity contribution < 1.29 is 19.1 Å². The zero-order chi connectivity index (χ0) is 14.2. The maximum absolute atomic E-state index is 11.3. The lowest BCUT2D eigenvalue weighted by molar-refractivity contribution is -0.137. The van der Waals surface area contributed by atoms with Crippen LogP contribution in [-0.2, 0) is 14.3 Å². The summed E-state index contributed by atoms with van der Waals surface area (Å²) >= 11 is 0. The lowest BCUT2D eigenvalue weighted by Gasteiger charge is -2.21. The predicted octanol–water partition coefficient (Wildman–Crippen LogP) is 2.63. The minimum atomic E-state index is -0.386. The lowest BCUT2D eigenvalue weighted by atomic mass is 10.2. The summed E-state index contributed by atoms with van der Waals surface area (Å²) < 4.78 is 9.26. The van der Waals surface area contributed by atoms with Gasteiger partial charge in [-0.3, -0.25) is 4.79 Å². The van der Waals surface area contributed by atoms with Crippen LogP contribution in [0.25, 0.3) is 0 Å². The van der Waals surface area contributed by atoms with E-state index < -0.39 is 0 Å². The highest BCUT2D eigenvalue weighted by atomic mass is 16.6. The number of hydrogen-bond donors (Lipinski definition) is 1. The molecule has 0 bridgehead atoms. The van der Waals surface area contributed by atoms with Gasteiger partial charge in [-0.25, -0.2) is 4.79 Å². The van der Waals surface area contributed by atoms with Gasteiger partial charge in [0.25, 0.3) is 0 Å². The van der Waals surface area contributed by atoms with Crippen LogP contribution in [-0.4, -0.2) is 30.8 Å². The van der Waals surface area contributed by atoms with Crippen LogP contribution in [0.4, 0.5) is 4.79 Å². The van der Waals surface area contributed by atoms with Crippen LogP contribution in [0.1, 0.15) is 53.4 Å². The molecule has 0 aromatic heterocycles. The molecule has 0 heterocycles. The predicted molar refractivity (Wildman–Crippen MR) is 69.3 cm³/mol. The quantitative estimate of drug-likeness (QED) is 0.735. The normalized spacial score (nSPS) is 15.4. The minimum absolute atomic E-state index is 0.245. The largest absolute Gasteiger partial charge is 0.469 e. The Bertz CT molecular complexity index is 265. The molecule has 0 atom stereocenters. The summed E-state index contributed by atoms with van der Waals surface area (Å²) in [5.41, 5.74) is -0.386. The molecular weight excluding hydrogens is 234 g/mol. The highest BCUT2D eigenvalue weighted by molar-refractivity contribution is 5.68. The van der Waals surface area contributed by atoms with Crippen LogP contribution in [0.5, 0.6) is 0 Å². The number of rotatable bonds is 1. The molecule has 1 aliphatic rings. The van der Waals surface area contributed by atoms with E-state index in [0.717, 1.165) is 12.8 Å². The molecule has 0 aromatic carbocycles. The molecular formula is C13H25NO4. The summed E-state index contributed by atoms with van der Waals surface area (Å²) in [4.78, 5) is 20.9. The van der Waals surface area contributed by atoms with Crippen molar-refractivity contribution in [3.05, 3.63) is 0 Å². The summed E-state index contributed by atoms with van der Waals surface area (Å²) in [7, 11) is 1.35. The van der Waals surface area contributed by atoms with Crippen LogP contribution in [0.2, 0.25) is 0 Å². The molecule has 0 aliphatic heterocycles. The van der Waals surface area contributed by atoms with Crippen molar-refractivity contribution in [2.75, 3.05) is 7.11 Å². The Labute approximate surface area is 109 Å². The lowest BCUT2D eigenvalue weighted by Crippen LogP contribution is -2.37. The van der Waals surface area contributed by atoms with Crippen LogP contribution in [0.15, 0.2) is 0 Å². The second-order valence-corrected chi connectivity index (χ2v) is 5.32. The molecule has 1 N–H and O–H groups in total. The van der Waals surface area contributed by atoms with Crippen LogP contribution < -0.4 is 5.32 Å². The van der Waals surface area contributed by atoms with Crippen molar-refractivity contribution >= 4 is 12.1 Å². The summed E-state index contributed by atoms with van der Waals surface area (Å²) in [6.45, 7) is 6.99. The first-order chi connectivity index (χ1) is 8.24. The highest BCUT2D eigenvalue weighted by Crippen LogP contribution is 2.18. The van der Waals surface area contributed by atoms with Gasteiger partial charge in [0.15, 0.2) is 0 Å². The summed E-state index contributed by atoms with van der Waals surface area (Å²) in [5.74, 6) is -0.245. The fraction of sp³-hybridized carbons (Fsp3) is 0.846. The van der Waals surface area contributed by atoms with E-state index >= 15 is 0 Å². The van der Waals surface area contributed by atoms with E-state index in [4.69, 9.17) is 4.74 Å². The third-order valence-electron chi connectivity index (χ3n) is 2.36. The SMILES string of the molecule is CC(C)(C)OC(=O)NC1CCCC1.COC(C)=O. The molecule has 5 nitrogen and oxygen atoms in total. The number of carbonyl (C=O) groups is 2. The molecule has 1 amide bonds. The second-order valence-electron chi connectivity index (χ2n) is 5.32. The number of hydrogen-bond acceptors (Lipinski definition) is 4. The van der Waals surface area contributed by atoms with E-state index in [1.165, 1.54) is 26.9 Å². The number of esters is 1. The highest BCUT2D eigenvalue weighted by Gasteiger charge is 2.21. The molecule has 18 heavy (non-hydrogen) atoms. The number of amides is 1. The minimum Gasteiger partial charge on any atom is -0.469 e. The van der Waals surface area contributed by atoms with Gasteiger partial charge in [0.05, 0.1) is 7.11 Å². The van der Waals surface area contributed by atoms with Gasteiger partial charge in [0, 0.05) is 13.0 Å². The Morgan fingerprint density at radius 3 is 1.94 bits per heavy atom. The Morgan fingerprint density at radius 2 is 1.61 bits per heavy atom. The van der Waals surface area contributed by atoms with Crippen molar-refractivity contribution in [1.29, 1.82) is 0 Å². The molecule has 1 fully saturated rings. The van der Waals surface area contributed by atoms with Gasteiger partial charge in [-0.1, -0.05) is 12.8 Å². The molecule has 0 saturated heterocycles. The van der Waals surface area contributed by atoms with Gasteiger partial charge >= 0.3 is 12.1 Å². The van der Waals surface area contributed by atoms with E-state index in [-0.39, 0.29) is 17.7 Å². The second kappa shape index (κ2) is 7.95. The van der Waals surface area contributed by atoms with Gasteiger partial charge in [-0.2, -0.15) is 0 Å². The molecule has 0 aromatic rings. The molecule has 0 radical (unpaired) electrons. The first-order valence-electron chi connectivity index (χ1n) is 6.28. The van der Waals surface area contributed by atoms with Crippen molar-refractivity contribution in [3.8, 4) is 0 Å². The van der Waals surface area contributed by atoms with Crippen molar-refractivity contribution in [3.63, 3.8) is 0 Å². The number of carbonyl (C=O) groups excluding carboxylic acids is 2. The van der Waals surface area contributed by atoms with Crippen molar-refractivity contribution in [2.24, 2.45) is 0 Å². The number of ether oxygens (including phenoxy) is 2. The average molecular weight is 259 g/mol. The topological polar surface area (TPSA) is 64.6 Å². The standard InChI is InChI=1S/C10H19NO2.C3H6O2/c1-10(2,3)13-9(12)11-8-6-4-5-7-8;1-3(4)5-2/h8H,4-7H2,1-3H3,(H,11,12);1-2H3. The van der Waals surface area contributed by atoms with E-state index in [9.17, 15) is 9.59 Å². The van der Waals surface area contributed by atoms with E-state index in [0.29, 0.717) is 6.04 Å². The fourth-order valence-electron chi connectivity index (χ4n) is 1.54. The van der Waals surface area contributed by atoms with E-state index in [1.54, 1.807) is 0 Å². The summed E-state index contributed by atoms with van der Waals surface area (Å²) in [6.07, 6.45) is 4.36. The van der Waals surface area contributed by atoms with Gasteiger partial charge < -0.3 is 14.8 Å². The number of methoxy groups -OCH3 is 1. The average Bonchev–Trinajstić information content (AvgIpc) is 2.68. The van der Waals surface area contributed by atoms with Gasteiger partial charge in [0.2, 0.25) is 0 Å². The van der Waals surface area contributed by atoms with Crippen LogP contribution in [0, 0.1) is 0 Å². The first-order valence-corrected chi connectivity index (χ1v) is 6.28. The Hall–Kier alpha value is -1.26. The smallest absolute Gasteiger partial charge is 0.407 e. The maximum atomic E-state index is 11.3. The Balaban J connectivity index is 0.000000494. The molecule has 1 saturated carbocycles. The fourth-order valence-corrected chi connectivity index (χ4v) is 1.54. The Morgan fingerprint density at radius 1 is 1.17 bits per heavy atom. The van der Waals surface area contributed by atoms with Gasteiger partial charge in [0.1, 0.15) is 5.60 Å². The number of nitrogens with one attached hydrogen (secondary N) is 1. The van der Waals surface area contributed by atoms with Crippen molar-refractivity contribution in [2.45, 2.75) is 65.0 Å². The van der Waals surface area contributed by atoms with Gasteiger partial charge in [-0.15, -0.1) is 0 Å². The third kappa shape index (κ3) is 9.93. The zero-order valence-corrected chi connectivity index (χ0v) is 12.0. The Kier molecular flexibility index (Phi) is 7.39.